The zero-order valence-corrected chi connectivity index (χ0v) is 13.9. The van der Waals surface area contributed by atoms with Crippen molar-refractivity contribution in [2.24, 2.45) is 0 Å². The predicted molar refractivity (Wildman–Crippen MR) is 89.0 cm³/mol. The molecule has 0 aliphatic carbocycles. The molecule has 0 spiro atoms. The molecule has 0 bridgehead atoms. The molecule has 1 aromatic carbocycles. The van der Waals surface area contributed by atoms with Crippen LogP contribution < -0.4 is 5.32 Å². The second-order valence-electron chi connectivity index (χ2n) is 5.72. The first-order valence-electron chi connectivity index (χ1n) is 7.43. The van der Waals surface area contributed by atoms with Crippen molar-refractivity contribution in [3.63, 3.8) is 0 Å². The first kappa shape index (κ1) is 16.6. The second-order valence-corrected chi connectivity index (χ2v) is 7.14. The summed E-state index contributed by atoms with van der Waals surface area (Å²) in [5.74, 6) is 1.12. The highest BCUT2D eigenvalue weighted by Gasteiger charge is 2.06. The van der Waals surface area contributed by atoms with Gasteiger partial charge in [0.15, 0.2) is 0 Å². The number of rotatable bonds is 8. The average Bonchev–Trinajstić information content (AvgIpc) is 2.33. The van der Waals surface area contributed by atoms with Crippen LogP contribution in [0.4, 0.5) is 0 Å². The molecule has 0 amide bonds. The summed E-state index contributed by atoms with van der Waals surface area (Å²) in [4.78, 5) is 0. The lowest BCUT2D eigenvalue weighted by Crippen LogP contribution is -2.31. The number of hydrogen-bond acceptors (Lipinski definition) is 2. The predicted octanol–water partition coefficient (Wildman–Crippen LogP) is 4.70. The van der Waals surface area contributed by atoms with Crippen molar-refractivity contribution in [1.29, 1.82) is 0 Å². The fourth-order valence-electron chi connectivity index (χ4n) is 2.35. The minimum Gasteiger partial charge on any atom is -0.313 e. The van der Waals surface area contributed by atoms with E-state index in [9.17, 15) is 0 Å². The lowest BCUT2D eigenvalue weighted by Gasteiger charge is -2.17. The van der Waals surface area contributed by atoms with Crippen LogP contribution in [-0.2, 0) is 5.75 Å². The highest BCUT2D eigenvalue weighted by molar-refractivity contribution is 7.99. The summed E-state index contributed by atoms with van der Waals surface area (Å²) in [5.41, 5.74) is 4.20. The van der Waals surface area contributed by atoms with Crippen molar-refractivity contribution in [2.45, 2.75) is 64.5 Å². The molecular weight excluding hydrogens is 250 g/mol. The molecule has 0 aromatic heterocycles. The SMILES string of the molecule is CCCC(C)NCC(C)SCc1cc(C)cc(C)c1. The summed E-state index contributed by atoms with van der Waals surface area (Å²) in [5, 5.41) is 4.29. The summed E-state index contributed by atoms with van der Waals surface area (Å²) >= 11 is 2.04. The molecule has 19 heavy (non-hydrogen) atoms. The van der Waals surface area contributed by atoms with E-state index in [1.165, 1.54) is 29.5 Å². The van der Waals surface area contributed by atoms with E-state index < -0.39 is 0 Å². The molecule has 1 aromatic rings. The number of aryl methyl sites for hydroxylation is 2. The van der Waals surface area contributed by atoms with Gasteiger partial charge in [-0.15, -0.1) is 0 Å². The molecule has 0 heterocycles. The Bertz CT molecular complexity index is 355. The molecule has 2 heteroatoms. The van der Waals surface area contributed by atoms with Crippen LogP contribution in [-0.4, -0.2) is 17.8 Å². The zero-order valence-electron chi connectivity index (χ0n) is 13.1. The van der Waals surface area contributed by atoms with E-state index in [1.807, 2.05) is 11.8 Å². The van der Waals surface area contributed by atoms with Gasteiger partial charge in [0.25, 0.3) is 0 Å². The Kier molecular flexibility index (Phi) is 7.55. The largest absolute Gasteiger partial charge is 0.313 e. The smallest absolute Gasteiger partial charge is 0.0187 e. The molecule has 108 valence electrons. The van der Waals surface area contributed by atoms with Crippen LogP contribution in [0.3, 0.4) is 0 Å². The fourth-order valence-corrected chi connectivity index (χ4v) is 3.21. The van der Waals surface area contributed by atoms with Crippen molar-refractivity contribution >= 4 is 11.8 Å². The molecule has 2 unspecified atom stereocenters. The molecule has 0 fully saturated rings. The minimum atomic E-state index is 0.647. The lowest BCUT2D eigenvalue weighted by molar-refractivity contribution is 0.511. The van der Waals surface area contributed by atoms with E-state index in [2.05, 4.69) is 58.1 Å². The van der Waals surface area contributed by atoms with E-state index in [1.54, 1.807) is 0 Å². The monoisotopic (exact) mass is 279 g/mol. The summed E-state index contributed by atoms with van der Waals surface area (Å²) in [7, 11) is 0. The van der Waals surface area contributed by atoms with Crippen LogP contribution in [0.1, 0.15) is 50.3 Å². The van der Waals surface area contributed by atoms with Crippen LogP contribution in [0.2, 0.25) is 0 Å². The Morgan fingerprint density at radius 2 is 1.74 bits per heavy atom. The van der Waals surface area contributed by atoms with Gasteiger partial charge in [0, 0.05) is 23.6 Å². The topological polar surface area (TPSA) is 12.0 Å². The maximum absolute atomic E-state index is 3.62. The van der Waals surface area contributed by atoms with Gasteiger partial charge in [-0.05, 0) is 32.8 Å². The third-order valence-corrected chi connectivity index (χ3v) is 4.53. The summed E-state index contributed by atoms with van der Waals surface area (Å²) in [6.45, 7) is 12.3. The van der Waals surface area contributed by atoms with Gasteiger partial charge >= 0.3 is 0 Å². The first-order chi connectivity index (χ1) is 9.01. The maximum Gasteiger partial charge on any atom is 0.0187 e. The first-order valence-corrected chi connectivity index (χ1v) is 8.48. The molecule has 1 nitrogen and oxygen atoms in total. The third kappa shape index (κ3) is 7.03. The van der Waals surface area contributed by atoms with Gasteiger partial charge in [-0.25, -0.2) is 0 Å². The van der Waals surface area contributed by atoms with E-state index in [-0.39, 0.29) is 0 Å². The van der Waals surface area contributed by atoms with Crippen molar-refractivity contribution in [1.82, 2.24) is 5.32 Å². The molecule has 2 atom stereocenters. The Labute approximate surface area is 123 Å². The minimum absolute atomic E-state index is 0.647. The maximum atomic E-state index is 3.62. The highest BCUT2D eigenvalue weighted by Crippen LogP contribution is 2.19. The third-order valence-electron chi connectivity index (χ3n) is 3.29. The van der Waals surface area contributed by atoms with E-state index in [0.717, 1.165) is 12.3 Å². The Morgan fingerprint density at radius 3 is 2.32 bits per heavy atom. The normalized spacial score (nSPS) is 14.4. The van der Waals surface area contributed by atoms with Crippen molar-refractivity contribution < 1.29 is 0 Å². The molecule has 1 rings (SSSR count). The van der Waals surface area contributed by atoms with E-state index >= 15 is 0 Å². The fraction of sp³-hybridized carbons (Fsp3) is 0.647. The highest BCUT2D eigenvalue weighted by atomic mass is 32.2. The van der Waals surface area contributed by atoms with Crippen molar-refractivity contribution in [2.75, 3.05) is 6.54 Å². The lowest BCUT2D eigenvalue weighted by atomic mass is 10.1. The zero-order chi connectivity index (χ0) is 14.3. The van der Waals surface area contributed by atoms with Gasteiger partial charge in [-0.2, -0.15) is 11.8 Å². The van der Waals surface area contributed by atoms with Gasteiger partial charge < -0.3 is 5.32 Å². The number of hydrogen-bond donors (Lipinski definition) is 1. The van der Waals surface area contributed by atoms with E-state index in [4.69, 9.17) is 0 Å². The average molecular weight is 279 g/mol. The quantitative estimate of drug-likeness (QED) is 0.740. The van der Waals surface area contributed by atoms with Crippen LogP contribution >= 0.6 is 11.8 Å². The van der Waals surface area contributed by atoms with Crippen molar-refractivity contribution in [3.8, 4) is 0 Å². The van der Waals surface area contributed by atoms with Crippen LogP contribution in [0, 0.1) is 13.8 Å². The molecule has 0 aliphatic rings. The second kappa shape index (κ2) is 8.65. The van der Waals surface area contributed by atoms with Crippen LogP contribution in [0.25, 0.3) is 0 Å². The van der Waals surface area contributed by atoms with Gasteiger partial charge in [0.1, 0.15) is 0 Å². The summed E-state index contributed by atoms with van der Waals surface area (Å²) < 4.78 is 0. The number of thioether (sulfide) groups is 1. The van der Waals surface area contributed by atoms with Gasteiger partial charge in [-0.3, -0.25) is 0 Å². The van der Waals surface area contributed by atoms with Gasteiger partial charge in [0.05, 0.1) is 0 Å². The van der Waals surface area contributed by atoms with Crippen LogP contribution in [0.5, 0.6) is 0 Å². The van der Waals surface area contributed by atoms with E-state index in [0.29, 0.717) is 11.3 Å². The molecule has 0 radical (unpaired) electrons. The molecular formula is C17H29NS. The number of nitrogens with one attached hydrogen (secondary N) is 1. The molecule has 1 N–H and O–H groups in total. The van der Waals surface area contributed by atoms with Gasteiger partial charge in [-0.1, -0.05) is 49.6 Å². The van der Waals surface area contributed by atoms with Crippen molar-refractivity contribution in [3.05, 3.63) is 34.9 Å². The Morgan fingerprint density at radius 1 is 1.11 bits per heavy atom. The standard InChI is InChI=1S/C17H29NS/c1-6-7-15(4)18-11-16(5)19-12-17-9-13(2)8-14(3)10-17/h8-10,15-16,18H,6-7,11-12H2,1-5H3. The molecule has 0 saturated heterocycles. The Balaban J connectivity index is 2.31. The van der Waals surface area contributed by atoms with Crippen LogP contribution in [0.15, 0.2) is 18.2 Å². The Hall–Kier alpha value is -0.470. The molecule has 0 saturated carbocycles. The molecule has 0 aliphatic heterocycles. The summed E-state index contributed by atoms with van der Waals surface area (Å²) in [6, 6.07) is 7.50. The van der Waals surface area contributed by atoms with Gasteiger partial charge in [0.2, 0.25) is 0 Å². The number of benzene rings is 1. The summed E-state index contributed by atoms with van der Waals surface area (Å²) in [6.07, 6.45) is 2.53.